The lowest BCUT2D eigenvalue weighted by molar-refractivity contribution is 0.274. The fourth-order valence-electron chi connectivity index (χ4n) is 1.21. The SMILES string of the molecule is OCc1cc(I)c(OCC2CC2)c(Cl)n1. The van der Waals surface area contributed by atoms with Crippen molar-refractivity contribution >= 4 is 34.2 Å². The van der Waals surface area contributed by atoms with E-state index in [1.54, 1.807) is 6.07 Å². The minimum Gasteiger partial charge on any atom is -0.489 e. The van der Waals surface area contributed by atoms with Gasteiger partial charge >= 0.3 is 0 Å². The van der Waals surface area contributed by atoms with Crippen molar-refractivity contribution in [2.24, 2.45) is 5.92 Å². The fraction of sp³-hybridized carbons (Fsp3) is 0.500. The number of pyridine rings is 1. The second kappa shape index (κ2) is 4.84. The smallest absolute Gasteiger partial charge is 0.172 e. The molecular formula is C10H11ClINO2. The molecule has 1 N–H and O–H groups in total. The maximum atomic E-state index is 8.94. The van der Waals surface area contributed by atoms with Crippen molar-refractivity contribution in [3.8, 4) is 5.75 Å². The Morgan fingerprint density at radius 1 is 1.60 bits per heavy atom. The van der Waals surface area contributed by atoms with Crippen LogP contribution < -0.4 is 4.74 Å². The molecule has 1 heterocycles. The van der Waals surface area contributed by atoms with E-state index >= 15 is 0 Å². The number of nitrogens with zero attached hydrogens (tertiary/aromatic N) is 1. The molecule has 0 unspecified atom stereocenters. The summed E-state index contributed by atoms with van der Waals surface area (Å²) in [5.41, 5.74) is 0.572. The lowest BCUT2D eigenvalue weighted by atomic mass is 10.3. The zero-order valence-corrected chi connectivity index (χ0v) is 11.0. The molecule has 0 spiro atoms. The molecule has 0 aromatic carbocycles. The molecule has 1 aromatic rings. The zero-order valence-electron chi connectivity index (χ0n) is 8.04. The number of hydrogen-bond donors (Lipinski definition) is 1. The highest BCUT2D eigenvalue weighted by Crippen LogP contribution is 2.33. The van der Waals surface area contributed by atoms with E-state index in [-0.39, 0.29) is 6.61 Å². The Morgan fingerprint density at radius 3 is 2.87 bits per heavy atom. The van der Waals surface area contributed by atoms with Gasteiger partial charge in [-0.3, -0.25) is 0 Å². The lowest BCUT2D eigenvalue weighted by Gasteiger charge is -2.09. The van der Waals surface area contributed by atoms with Crippen LogP contribution in [0.1, 0.15) is 18.5 Å². The summed E-state index contributed by atoms with van der Waals surface area (Å²) in [5.74, 6) is 1.33. The second-order valence-corrected chi connectivity index (χ2v) is 5.15. The number of aliphatic hydroxyl groups is 1. The van der Waals surface area contributed by atoms with Crippen LogP contribution in [0, 0.1) is 9.49 Å². The highest BCUT2D eigenvalue weighted by Gasteiger charge is 2.23. The van der Waals surface area contributed by atoms with Crippen LogP contribution in [0.25, 0.3) is 0 Å². The third-order valence-corrected chi connectivity index (χ3v) is 3.32. The van der Waals surface area contributed by atoms with E-state index in [1.807, 2.05) is 0 Å². The number of aliphatic hydroxyl groups excluding tert-OH is 1. The van der Waals surface area contributed by atoms with Gasteiger partial charge in [-0.1, -0.05) is 11.6 Å². The Bertz CT molecular complexity index is 345. The topological polar surface area (TPSA) is 42.4 Å². The first-order valence-electron chi connectivity index (χ1n) is 4.79. The summed E-state index contributed by atoms with van der Waals surface area (Å²) < 4.78 is 6.51. The van der Waals surface area contributed by atoms with Crippen molar-refractivity contribution in [2.45, 2.75) is 19.4 Å². The summed E-state index contributed by atoms with van der Waals surface area (Å²) in [5, 5.41) is 9.28. The molecule has 1 aliphatic rings. The van der Waals surface area contributed by atoms with Crippen LogP contribution in [0.4, 0.5) is 0 Å². The van der Waals surface area contributed by atoms with Gasteiger partial charge in [-0.25, -0.2) is 4.98 Å². The van der Waals surface area contributed by atoms with E-state index in [0.29, 0.717) is 22.5 Å². The number of rotatable bonds is 4. The average Bonchev–Trinajstić information content (AvgIpc) is 3.00. The van der Waals surface area contributed by atoms with Gasteiger partial charge in [0.2, 0.25) is 0 Å². The Morgan fingerprint density at radius 2 is 2.33 bits per heavy atom. The van der Waals surface area contributed by atoms with Crippen LogP contribution in [0.5, 0.6) is 5.75 Å². The van der Waals surface area contributed by atoms with Gasteiger partial charge in [0.05, 0.1) is 22.5 Å². The van der Waals surface area contributed by atoms with Gasteiger partial charge in [-0.2, -0.15) is 0 Å². The molecule has 0 radical (unpaired) electrons. The molecule has 1 aliphatic carbocycles. The van der Waals surface area contributed by atoms with E-state index in [9.17, 15) is 0 Å². The monoisotopic (exact) mass is 339 g/mol. The highest BCUT2D eigenvalue weighted by molar-refractivity contribution is 14.1. The summed E-state index contributed by atoms with van der Waals surface area (Å²) in [6, 6.07) is 1.79. The summed E-state index contributed by atoms with van der Waals surface area (Å²) in [7, 11) is 0. The molecule has 1 aromatic heterocycles. The standard InChI is InChI=1S/C10H11ClINO2/c11-10-9(15-5-6-1-2-6)8(12)3-7(4-14)13-10/h3,6,14H,1-2,4-5H2. The van der Waals surface area contributed by atoms with Crippen molar-refractivity contribution < 1.29 is 9.84 Å². The largest absolute Gasteiger partial charge is 0.489 e. The molecule has 5 heteroatoms. The van der Waals surface area contributed by atoms with Crippen molar-refractivity contribution in [1.29, 1.82) is 0 Å². The third-order valence-electron chi connectivity index (χ3n) is 2.26. The third kappa shape index (κ3) is 2.95. The molecule has 1 fully saturated rings. The zero-order chi connectivity index (χ0) is 10.8. The molecule has 0 saturated heterocycles. The fourth-order valence-corrected chi connectivity index (χ4v) is 2.41. The normalized spacial score (nSPS) is 15.4. The van der Waals surface area contributed by atoms with Gasteiger partial charge in [-0.05, 0) is 47.4 Å². The van der Waals surface area contributed by atoms with Crippen LogP contribution in [0.2, 0.25) is 5.15 Å². The van der Waals surface area contributed by atoms with E-state index in [1.165, 1.54) is 12.8 Å². The van der Waals surface area contributed by atoms with E-state index < -0.39 is 0 Å². The van der Waals surface area contributed by atoms with Gasteiger partial charge in [0.1, 0.15) is 0 Å². The first-order chi connectivity index (χ1) is 7.20. The van der Waals surface area contributed by atoms with E-state index in [2.05, 4.69) is 27.6 Å². The number of halogens is 2. The molecule has 0 aliphatic heterocycles. The van der Waals surface area contributed by atoms with Crippen molar-refractivity contribution in [3.05, 3.63) is 20.5 Å². The average molecular weight is 340 g/mol. The van der Waals surface area contributed by atoms with Crippen LogP contribution in [-0.4, -0.2) is 16.7 Å². The minimum atomic E-state index is -0.0986. The lowest BCUT2D eigenvalue weighted by Crippen LogP contribution is -2.03. The van der Waals surface area contributed by atoms with Gasteiger partial charge in [0, 0.05) is 0 Å². The Hall–Kier alpha value is -0.0700. The van der Waals surface area contributed by atoms with Gasteiger partial charge in [0.25, 0.3) is 0 Å². The molecule has 82 valence electrons. The van der Waals surface area contributed by atoms with Crippen LogP contribution in [-0.2, 0) is 6.61 Å². The molecule has 15 heavy (non-hydrogen) atoms. The van der Waals surface area contributed by atoms with Gasteiger partial charge in [0.15, 0.2) is 10.9 Å². The van der Waals surface area contributed by atoms with Crippen LogP contribution in [0.15, 0.2) is 6.07 Å². The number of aromatic nitrogens is 1. The van der Waals surface area contributed by atoms with E-state index in [4.69, 9.17) is 21.4 Å². The van der Waals surface area contributed by atoms with Crippen molar-refractivity contribution in [2.75, 3.05) is 6.61 Å². The number of hydrogen-bond acceptors (Lipinski definition) is 3. The second-order valence-electron chi connectivity index (χ2n) is 3.63. The Kier molecular flexibility index (Phi) is 3.69. The van der Waals surface area contributed by atoms with Gasteiger partial charge in [-0.15, -0.1) is 0 Å². The van der Waals surface area contributed by atoms with Crippen molar-refractivity contribution in [1.82, 2.24) is 4.98 Å². The summed E-state index contributed by atoms with van der Waals surface area (Å²) >= 11 is 8.11. The highest BCUT2D eigenvalue weighted by atomic mass is 127. The molecule has 0 atom stereocenters. The quantitative estimate of drug-likeness (QED) is 0.677. The molecule has 3 nitrogen and oxygen atoms in total. The molecule has 0 bridgehead atoms. The van der Waals surface area contributed by atoms with Crippen molar-refractivity contribution in [3.63, 3.8) is 0 Å². The summed E-state index contributed by atoms with van der Waals surface area (Å²) in [4.78, 5) is 4.04. The predicted octanol–water partition coefficient (Wildman–Crippen LogP) is 2.62. The maximum Gasteiger partial charge on any atom is 0.172 e. The van der Waals surface area contributed by atoms with E-state index in [0.717, 1.165) is 10.2 Å². The Labute approximate surface area is 107 Å². The summed E-state index contributed by atoms with van der Waals surface area (Å²) in [6.45, 7) is 0.620. The first-order valence-corrected chi connectivity index (χ1v) is 6.25. The maximum absolute atomic E-state index is 8.94. The predicted molar refractivity (Wildman–Crippen MR) is 66.1 cm³/mol. The molecule has 0 amide bonds. The summed E-state index contributed by atoms with van der Waals surface area (Å²) in [6.07, 6.45) is 2.49. The minimum absolute atomic E-state index is 0.0986. The number of ether oxygens (including phenoxy) is 1. The van der Waals surface area contributed by atoms with Gasteiger partial charge < -0.3 is 9.84 Å². The first kappa shape index (κ1) is 11.4. The van der Waals surface area contributed by atoms with Crippen LogP contribution in [0.3, 0.4) is 0 Å². The molecule has 1 saturated carbocycles. The molecular weight excluding hydrogens is 328 g/mol. The molecule has 2 rings (SSSR count). The Balaban J connectivity index is 2.13. The van der Waals surface area contributed by atoms with Crippen LogP contribution >= 0.6 is 34.2 Å².